The number of carbonyl (C=O) groups excluding carboxylic acids is 2. The van der Waals surface area contributed by atoms with Crippen molar-refractivity contribution < 1.29 is 14.0 Å². The monoisotopic (exact) mass is 356 g/mol. The number of likely N-dealkylation sites (tertiary alicyclic amines) is 1. The summed E-state index contributed by atoms with van der Waals surface area (Å²) in [6, 6.07) is 8.21. The molecule has 6 nitrogen and oxygen atoms in total. The Morgan fingerprint density at radius 3 is 2.69 bits per heavy atom. The molecule has 1 aromatic carbocycles. The van der Waals surface area contributed by atoms with Crippen molar-refractivity contribution in [1.82, 2.24) is 9.80 Å². The summed E-state index contributed by atoms with van der Waals surface area (Å²) in [5.41, 5.74) is -0.638. The van der Waals surface area contributed by atoms with E-state index in [-0.39, 0.29) is 29.7 Å². The highest BCUT2D eigenvalue weighted by Gasteiger charge is 2.56. The molecule has 26 heavy (non-hydrogen) atoms. The first-order valence-corrected chi connectivity index (χ1v) is 8.87. The van der Waals surface area contributed by atoms with E-state index < -0.39 is 5.41 Å². The van der Waals surface area contributed by atoms with Gasteiger partial charge in [-0.15, -0.1) is 0 Å². The van der Waals surface area contributed by atoms with E-state index in [1.807, 2.05) is 11.9 Å². The van der Waals surface area contributed by atoms with Crippen LogP contribution in [0.3, 0.4) is 0 Å². The van der Waals surface area contributed by atoms with Crippen LogP contribution in [-0.4, -0.2) is 60.4 Å². The Morgan fingerprint density at radius 1 is 1.27 bits per heavy atom. The first kappa shape index (κ1) is 17.0. The van der Waals surface area contributed by atoms with Gasteiger partial charge >= 0.3 is 0 Å². The van der Waals surface area contributed by atoms with E-state index in [4.69, 9.17) is 0 Å². The molecule has 2 amide bonds. The van der Waals surface area contributed by atoms with Crippen molar-refractivity contribution in [3.05, 3.63) is 30.1 Å². The number of rotatable bonds is 2. The fraction of sp³-hybridized carbons (Fsp3) is 0.526. The number of carbonyl (C=O) groups is 2. The summed E-state index contributed by atoms with van der Waals surface area (Å²) >= 11 is 0. The van der Waals surface area contributed by atoms with Crippen molar-refractivity contribution in [3.63, 3.8) is 0 Å². The fourth-order valence-corrected chi connectivity index (χ4v) is 4.11. The maximum Gasteiger partial charge on any atom is 0.243 e. The standard InChI is InChI=1S/C19H21FN4O2/c1-22-10-16(25)24(15-4-2-3-14(20)9-15)13-19(22)7-8-23(12-19)17(26)18(11-21)5-6-18/h2-4,9H,5-8,10,12-13H2,1H3. The smallest absolute Gasteiger partial charge is 0.243 e. The molecule has 1 aliphatic carbocycles. The van der Waals surface area contributed by atoms with E-state index in [2.05, 4.69) is 6.07 Å². The molecule has 0 aromatic heterocycles. The summed E-state index contributed by atoms with van der Waals surface area (Å²) in [7, 11) is 1.89. The molecule has 136 valence electrons. The number of nitriles is 1. The lowest BCUT2D eigenvalue weighted by molar-refractivity contribution is -0.134. The van der Waals surface area contributed by atoms with Gasteiger partial charge in [0.15, 0.2) is 0 Å². The summed E-state index contributed by atoms with van der Waals surface area (Å²) < 4.78 is 13.6. The zero-order chi connectivity index (χ0) is 18.5. The van der Waals surface area contributed by atoms with Crippen LogP contribution >= 0.6 is 0 Å². The maximum absolute atomic E-state index is 13.6. The summed E-state index contributed by atoms with van der Waals surface area (Å²) in [6.07, 6.45) is 2.00. The Labute approximate surface area is 151 Å². The van der Waals surface area contributed by atoms with E-state index in [0.717, 1.165) is 6.42 Å². The molecule has 0 N–H and O–H groups in total. The topological polar surface area (TPSA) is 67.7 Å². The van der Waals surface area contributed by atoms with Crippen LogP contribution in [0.2, 0.25) is 0 Å². The molecule has 3 fully saturated rings. The number of likely N-dealkylation sites (N-methyl/N-ethyl adjacent to an activating group) is 1. The van der Waals surface area contributed by atoms with Gasteiger partial charge in [-0.25, -0.2) is 4.39 Å². The number of hydrogen-bond acceptors (Lipinski definition) is 4. The van der Waals surface area contributed by atoms with E-state index in [1.165, 1.54) is 12.1 Å². The Balaban J connectivity index is 1.57. The van der Waals surface area contributed by atoms with Crippen LogP contribution in [0.15, 0.2) is 24.3 Å². The van der Waals surface area contributed by atoms with Gasteiger partial charge in [0.1, 0.15) is 11.2 Å². The van der Waals surface area contributed by atoms with Gasteiger partial charge in [0.2, 0.25) is 11.8 Å². The number of piperazine rings is 1. The zero-order valence-corrected chi connectivity index (χ0v) is 14.7. The number of halogens is 1. The lowest BCUT2D eigenvalue weighted by Gasteiger charge is -2.46. The predicted molar refractivity (Wildman–Crippen MR) is 92.6 cm³/mol. The van der Waals surface area contributed by atoms with Crippen molar-refractivity contribution in [2.45, 2.75) is 24.8 Å². The van der Waals surface area contributed by atoms with Crippen LogP contribution in [0.1, 0.15) is 19.3 Å². The average Bonchev–Trinajstić information content (AvgIpc) is 3.31. The maximum atomic E-state index is 13.6. The van der Waals surface area contributed by atoms with E-state index in [0.29, 0.717) is 38.2 Å². The number of benzene rings is 1. The molecule has 2 heterocycles. The molecule has 0 bridgehead atoms. The first-order chi connectivity index (χ1) is 12.4. The van der Waals surface area contributed by atoms with Crippen LogP contribution < -0.4 is 4.90 Å². The average molecular weight is 356 g/mol. The van der Waals surface area contributed by atoms with E-state index in [1.54, 1.807) is 21.9 Å². The second kappa shape index (κ2) is 5.78. The molecular weight excluding hydrogens is 335 g/mol. The molecule has 1 atom stereocenters. The van der Waals surface area contributed by atoms with Crippen LogP contribution in [0.25, 0.3) is 0 Å². The highest BCUT2D eigenvalue weighted by molar-refractivity contribution is 5.96. The highest BCUT2D eigenvalue weighted by Crippen LogP contribution is 2.48. The van der Waals surface area contributed by atoms with Gasteiger partial charge in [-0.1, -0.05) is 6.07 Å². The Morgan fingerprint density at radius 2 is 2.04 bits per heavy atom. The Hall–Kier alpha value is -2.46. The second-order valence-electron chi connectivity index (χ2n) is 7.71. The number of amides is 2. The summed E-state index contributed by atoms with van der Waals surface area (Å²) in [6.45, 7) is 1.71. The Kier molecular flexibility index (Phi) is 3.77. The van der Waals surface area contributed by atoms with Crippen LogP contribution in [0.5, 0.6) is 0 Å². The van der Waals surface area contributed by atoms with Crippen LogP contribution in [-0.2, 0) is 9.59 Å². The fourth-order valence-electron chi connectivity index (χ4n) is 4.11. The molecular formula is C19H21FN4O2. The third-order valence-electron chi connectivity index (χ3n) is 6.05. The van der Waals surface area contributed by atoms with Crippen LogP contribution in [0.4, 0.5) is 10.1 Å². The minimum atomic E-state index is -0.823. The lowest BCUT2D eigenvalue weighted by atomic mass is 9.92. The summed E-state index contributed by atoms with van der Waals surface area (Å²) in [5.74, 6) is -0.542. The summed E-state index contributed by atoms with van der Waals surface area (Å²) in [4.78, 5) is 30.6. The third kappa shape index (κ3) is 2.56. The second-order valence-corrected chi connectivity index (χ2v) is 7.71. The molecule has 1 spiro atoms. The molecule has 1 unspecified atom stereocenters. The van der Waals surface area contributed by atoms with E-state index >= 15 is 0 Å². The minimum Gasteiger partial charge on any atom is -0.339 e. The SMILES string of the molecule is CN1CC(=O)N(c2cccc(F)c2)CC12CCN(C(=O)C1(C#N)CC1)C2. The zero-order valence-electron chi connectivity index (χ0n) is 14.7. The van der Waals surface area contributed by atoms with Gasteiger partial charge in [-0.2, -0.15) is 5.26 Å². The minimum absolute atomic E-state index is 0.0795. The van der Waals surface area contributed by atoms with Gasteiger partial charge in [0.25, 0.3) is 0 Å². The van der Waals surface area contributed by atoms with Gasteiger partial charge in [-0.05, 0) is 44.5 Å². The lowest BCUT2D eigenvalue weighted by Crippen LogP contribution is -2.64. The van der Waals surface area contributed by atoms with Crippen molar-refractivity contribution in [3.8, 4) is 6.07 Å². The van der Waals surface area contributed by atoms with Gasteiger partial charge in [0, 0.05) is 25.3 Å². The molecule has 4 rings (SSSR count). The van der Waals surface area contributed by atoms with Gasteiger partial charge in [-0.3, -0.25) is 14.5 Å². The summed E-state index contributed by atoms with van der Waals surface area (Å²) in [5, 5.41) is 9.30. The number of anilines is 1. The van der Waals surface area contributed by atoms with Gasteiger partial charge in [0.05, 0.1) is 18.2 Å². The number of nitrogens with zero attached hydrogens (tertiary/aromatic N) is 4. The third-order valence-corrected chi connectivity index (χ3v) is 6.05. The highest BCUT2D eigenvalue weighted by atomic mass is 19.1. The molecule has 1 aromatic rings. The number of hydrogen-bond donors (Lipinski definition) is 0. The molecule has 2 aliphatic heterocycles. The van der Waals surface area contributed by atoms with Crippen molar-refractivity contribution >= 4 is 17.5 Å². The molecule has 3 aliphatic rings. The Bertz CT molecular complexity index is 816. The van der Waals surface area contributed by atoms with Crippen molar-refractivity contribution in [1.29, 1.82) is 5.26 Å². The largest absolute Gasteiger partial charge is 0.339 e. The molecule has 2 saturated heterocycles. The van der Waals surface area contributed by atoms with Crippen LogP contribution in [0, 0.1) is 22.6 Å². The quantitative estimate of drug-likeness (QED) is 0.803. The molecule has 7 heteroatoms. The van der Waals surface area contributed by atoms with Crippen molar-refractivity contribution in [2.75, 3.05) is 38.1 Å². The van der Waals surface area contributed by atoms with Crippen molar-refractivity contribution in [2.24, 2.45) is 5.41 Å². The van der Waals surface area contributed by atoms with E-state index in [9.17, 15) is 19.2 Å². The predicted octanol–water partition coefficient (Wildman–Crippen LogP) is 1.38. The van der Waals surface area contributed by atoms with Gasteiger partial charge < -0.3 is 9.80 Å². The molecule has 1 saturated carbocycles. The molecule has 0 radical (unpaired) electrons. The first-order valence-electron chi connectivity index (χ1n) is 8.87. The normalized spacial score (nSPS) is 27.7.